The average Bonchev–Trinajstić information content (AvgIpc) is 2.70. The molecule has 0 bridgehead atoms. The summed E-state index contributed by atoms with van der Waals surface area (Å²) in [4.78, 5) is 40.1. The van der Waals surface area contributed by atoms with Gasteiger partial charge in [-0.15, -0.1) is 0 Å². The smallest absolute Gasteiger partial charge is 0.420 e. The lowest BCUT2D eigenvalue weighted by molar-refractivity contribution is -0.151. The predicted octanol–water partition coefficient (Wildman–Crippen LogP) is 5.51. The molecule has 178 valence electrons. The maximum Gasteiger partial charge on any atom is 0.420 e. The van der Waals surface area contributed by atoms with Gasteiger partial charge in [-0.05, 0) is 52.7 Å². The van der Waals surface area contributed by atoms with Crippen LogP contribution >= 0.6 is 0 Å². The monoisotopic (exact) mass is 456 g/mol. The summed E-state index contributed by atoms with van der Waals surface area (Å²) in [6.45, 7) is 10.1. The van der Waals surface area contributed by atoms with E-state index in [2.05, 4.69) is 0 Å². The van der Waals surface area contributed by atoms with E-state index in [9.17, 15) is 14.4 Å². The van der Waals surface area contributed by atoms with Gasteiger partial charge in [-0.3, -0.25) is 0 Å². The minimum atomic E-state index is -1.28. The van der Waals surface area contributed by atoms with Crippen LogP contribution in [0.25, 0.3) is 0 Å². The van der Waals surface area contributed by atoms with Crippen molar-refractivity contribution in [3.63, 3.8) is 0 Å². The molecule has 0 N–H and O–H groups in total. The lowest BCUT2D eigenvalue weighted by Gasteiger charge is -2.32. The van der Waals surface area contributed by atoms with Crippen LogP contribution in [0.5, 0.6) is 0 Å². The van der Waals surface area contributed by atoms with Gasteiger partial charge in [-0.25, -0.2) is 14.4 Å². The van der Waals surface area contributed by atoms with Crippen LogP contribution in [0.4, 0.5) is 9.59 Å². The Hall–Kier alpha value is -3.35. The molecular weight excluding hydrogens is 423 g/mol. The minimum absolute atomic E-state index is 0.00143. The maximum atomic E-state index is 13.2. The molecule has 0 radical (unpaired) electrons. The Morgan fingerprint density at radius 2 is 1.15 bits per heavy atom. The van der Waals surface area contributed by atoms with E-state index in [-0.39, 0.29) is 13.0 Å². The molecule has 0 aliphatic rings. The summed E-state index contributed by atoms with van der Waals surface area (Å²) in [5.74, 6) is -0.737. The van der Waals surface area contributed by atoms with E-state index in [4.69, 9.17) is 14.2 Å². The van der Waals surface area contributed by atoms with Crippen LogP contribution in [0.15, 0.2) is 60.7 Å². The first-order valence-corrected chi connectivity index (χ1v) is 10.9. The molecular formula is C26H33NO6. The van der Waals surface area contributed by atoms with Crippen molar-refractivity contribution in [2.24, 2.45) is 0 Å². The fourth-order valence-electron chi connectivity index (χ4n) is 2.89. The molecule has 0 heterocycles. The highest BCUT2D eigenvalue weighted by Crippen LogP contribution is 2.20. The molecule has 1 atom stereocenters. The molecule has 2 aromatic carbocycles. The predicted molar refractivity (Wildman–Crippen MR) is 124 cm³/mol. The Kier molecular flexibility index (Phi) is 8.63. The highest BCUT2D eigenvalue weighted by Gasteiger charge is 2.41. The number of carbonyl (C=O) groups is 3. The Labute approximate surface area is 195 Å². The van der Waals surface area contributed by atoms with Crippen LogP contribution in [0, 0.1) is 0 Å². The largest absolute Gasteiger partial charge is 0.459 e. The van der Waals surface area contributed by atoms with Crippen molar-refractivity contribution in [3.8, 4) is 0 Å². The van der Waals surface area contributed by atoms with Gasteiger partial charge in [0, 0.05) is 6.42 Å². The van der Waals surface area contributed by atoms with Crippen molar-refractivity contribution in [1.29, 1.82) is 0 Å². The van der Waals surface area contributed by atoms with Gasteiger partial charge in [0.05, 0.1) is 0 Å². The molecule has 2 amide bonds. The Bertz CT molecular complexity index is 901. The molecule has 0 unspecified atom stereocenters. The van der Waals surface area contributed by atoms with Crippen molar-refractivity contribution >= 4 is 18.2 Å². The second kappa shape index (κ2) is 11.0. The van der Waals surface area contributed by atoms with Gasteiger partial charge in [0.15, 0.2) is 0 Å². The van der Waals surface area contributed by atoms with Gasteiger partial charge >= 0.3 is 18.2 Å². The maximum absolute atomic E-state index is 13.2. The number of benzene rings is 2. The van der Waals surface area contributed by atoms with Crippen molar-refractivity contribution in [1.82, 2.24) is 4.90 Å². The van der Waals surface area contributed by atoms with Gasteiger partial charge in [-0.1, -0.05) is 60.7 Å². The van der Waals surface area contributed by atoms with Crippen LogP contribution in [-0.2, 0) is 32.0 Å². The van der Waals surface area contributed by atoms with Gasteiger partial charge in [0.2, 0.25) is 0 Å². The quantitative estimate of drug-likeness (QED) is 0.324. The van der Waals surface area contributed by atoms with Crippen LogP contribution in [0.3, 0.4) is 0 Å². The zero-order valence-corrected chi connectivity index (χ0v) is 20.2. The number of ether oxygens (including phenoxy) is 3. The van der Waals surface area contributed by atoms with E-state index >= 15 is 0 Å². The fraction of sp³-hybridized carbons (Fsp3) is 0.423. The zero-order chi connectivity index (χ0) is 24.6. The lowest BCUT2D eigenvalue weighted by Crippen LogP contribution is -2.53. The number of amides is 2. The third-order valence-electron chi connectivity index (χ3n) is 4.26. The fourth-order valence-corrected chi connectivity index (χ4v) is 2.89. The summed E-state index contributed by atoms with van der Waals surface area (Å²) in [7, 11) is 0. The summed E-state index contributed by atoms with van der Waals surface area (Å²) < 4.78 is 16.4. The Balaban J connectivity index is 2.39. The molecule has 7 nitrogen and oxygen atoms in total. The Morgan fingerprint density at radius 3 is 1.58 bits per heavy atom. The van der Waals surface area contributed by atoms with Crippen molar-refractivity contribution < 1.29 is 28.6 Å². The third-order valence-corrected chi connectivity index (χ3v) is 4.26. The molecule has 0 saturated carbocycles. The van der Waals surface area contributed by atoms with E-state index in [1.807, 2.05) is 48.5 Å². The number of esters is 1. The van der Waals surface area contributed by atoms with E-state index in [1.165, 1.54) is 0 Å². The highest BCUT2D eigenvalue weighted by molar-refractivity contribution is 5.94. The number of carbonyl (C=O) groups excluding carboxylic acids is 3. The zero-order valence-electron chi connectivity index (χ0n) is 20.2. The molecule has 0 aromatic heterocycles. The second-order valence-corrected chi connectivity index (χ2v) is 9.63. The first kappa shape index (κ1) is 25.9. The van der Waals surface area contributed by atoms with Crippen molar-refractivity contribution in [2.75, 3.05) is 0 Å². The molecule has 2 rings (SSSR count). The SMILES string of the molecule is CC(C)(C)OC(=O)[15N](C(=O)OC(C)(C)C)[C@@H](Cc1ccccc1)C(=O)OCc1ccccc1. The van der Waals surface area contributed by atoms with E-state index < -0.39 is 35.4 Å². The summed E-state index contributed by atoms with van der Waals surface area (Å²) in [5.41, 5.74) is -0.243. The number of hydrogen-bond acceptors (Lipinski definition) is 6. The Morgan fingerprint density at radius 1 is 0.727 bits per heavy atom. The van der Waals surface area contributed by atoms with Gasteiger partial charge in [-0.2, -0.15) is 4.90 Å². The summed E-state index contributed by atoms with van der Waals surface area (Å²) in [6.07, 6.45) is -1.91. The minimum Gasteiger partial charge on any atom is -0.459 e. The van der Waals surface area contributed by atoms with Crippen LogP contribution in [0.2, 0.25) is 0 Å². The molecule has 0 fully saturated rings. The van der Waals surface area contributed by atoms with E-state index in [0.717, 1.165) is 16.0 Å². The highest BCUT2D eigenvalue weighted by atomic mass is 16.7. The molecule has 2 aromatic rings. The number of imide groups is 1. The third kappa shape index (κ3) is 8.96. The van der Waals surface area contributed by atoms with E-state index in [1.54, 1.807) is 53.7 Å². The first-order chi connectivity index (χ1) is 15.4. The molecule has 33 heavy (non-hydrogen) atoms. The molecule has 0 spiro atoms. The number of hydrogen-bond donors (Lipinski definition) is 0. The summed E-state index contributed by atoms with van der Waals surface area (Å²) in [5, 5.41) is 0. The molecule has 0 saturated heterocycles. The molecule has 7 heteroatoms. The van der Waals surface area contributed by atoms with Crippen LogP contribution in [0.1, 0.15) is 52.7 Å². The van der Waals surface area contributed by atoms with Crippen molar-refractivity contribution in [3.05, 3.63) is 71.8 Å². The summed E-state index contributed by atoms with van der Waals surface area (Å²) in [6, 6.07) is 17.0. The van der Waals surface area contributed by atoms with Gasteiger partial charge in [0.25, 0.3) is 0 Å². The lowest BCUT2D eigenvalue weighted by atomic mass is 10.1. The topological polar surface area (TPSA) is 82.1 Å². The standard InChI is InChI=1S/C26H33NO6/c1-25(2,3)32-23(29)27(24(30)33-26(4,5)6)21(17-19-13-9-7-10-14-19)22(28)31-18-20-15-11-8-12-16-20/h7-16,21H,17-18H2,1-6H3/t21-/m0/s1/i27+1. The second-order valence-electron chi connectivity index (χ2n) is 9.63. The van der Waals surface area contributed by atoms with Crippen molar-refractivity contribution in [2.45, 2.75) is 71.8 Å². The summed E-state index contributed by atoms with van der Waals surface area (Å²) >= 11 is 0. The first-order valence-electron chi connectivity index (χ1n) is 10.9. The van der Waals surface area contributed by atoms with Crippen LogP contribution in [-0.4, -0.2) is 40.3 Å². The van der Waals surface area contributed by atoms with Gasteiger partial charge in [0.1, 0.15) is 23.9 Å². The molecule has 0 aliphatic heterocycles. The van der Waals surface area contributed by atoms with Gasteiger partial charge < -0.3 is 14.2 Å². The van der Waals surface area contributed by atoms with E-state index in [0.29, 0.717) is 0 Å². The number of rotatable bonds is 6. The number of nitrogens with zero attached hydrogens (tertiary/aromatic N) is 1. The van der Waals surface area contributed by atoms with Crippen LogP contribution < -0.4 is 0 Å². The normalized spacial score (nSPS) is 12.4. The average molecular weight is 457 g/mol. The molecule has 0 aliphatic carbocycles.